The Hall–Kier alpha value is -0.0800. The van der Waals surface area contributed by atoms with Crippen molar-refractivity contribution < 1.29 is 10.2 Å². The molecule has 0 aromatic heterocycles. The normalized spacial score (nSPS) is 39.0. The van der Waals surface area contributed by atoms with Gasteiger partial charge in [-0.15, -0.1) is 0 Å². The van der Waals surface area contributed by atoms with Crippen molar-refractivity contribution in [3.8, 4) is 0 Å². The third-order valence-electron chi connectivity index (χ3n) is 2.87. The van der Waals surface area contributed by atoms with Gasteiger partial charge >= 0.3 is 0 Å². The van der Waals surface area contributed by atoms with Crippen LogP contribution in [0.4, 0.5) is 0 Å². The molecule has 1 aliphatic carbocycles. The molecule has 0 bridgehead atoms. The molecule has 0 amide bonds. The van der Waals surface area contributed by atoms with Crippen LogP contribution >= 0.6 is 0 Å². The average molecular weight is 158 g/mol. The smallest absolute Gasteiger partial charge is 0.0618 e. The number of aliphatic hydroxyl groups is 2. The summed E-state index contributed by atoms with van der Waals surface area (Å²) < 4.78 is 0. The molecular weight excluding hydrogens is 140 g/mol. The fourth-order valence-corrected chi connectivity index (χ4v) is 2.01. The van der Waals surface area contributed by atoms with E-state index in [-0.39, 0.29) is 18.6 Å². The molecule has 0 spiro atoms. The zero-order valence-electron chi connectivity index (χ0n) is 7.16. The van der Waals surface area contributed by atoms with Crippen LogP contribution in [-0.2, 0) is 0 Å². The highest BCUT2D eigenvalue weighted by molar-refractivity contribution is 4.80. The standard InChI is InChI=1S/C9H18O2/c1-2-7-4-3-5-8(6-10)9(7)11/h7-11H,2-6H2,1H3. The van der Waals surface area contributed by atoms with Gasteiger partial charge in [0.2, 0.25) is 0 Å². The minimum absolute atomic E-state index is 0.147. The maximum Gasteiger partial charge on any atom is 0.0618 e. The molecule has 3 unspecified atom stereocenters. The Morgan fingerprint density at radius 1 is 1.27 bits per heavy atom. The van der Waals surface area contributed by atoms with Gasteiger partial charge in [0, 0.05) is 12.5 Å². The Bertz CT molecular complexity index is 102. The summed E-state index contributed by atoms with van der Waals surface area (Å²) in [5.74, 6) is 0.578. The van der Waals surface area contributed by atoms with Crippen LogP contribution in [0.2, 0.25) is 0 Å². The summed E-state index contributed by atoms with van der Waals surface area (Å²) in [5, 5.41) is 18.6. The summed E-state index contributed by atoms with van der Waals surface area (Å²) in [6, 6.07) is 0. The van der Waals surface area contributed by atoms with E-state index in [1.54, 1.807) is 0 Å². The van der Waals surface area contributed by atoms with E-state index < -0.39 is 0 Å². The zero-order valence-corrected chi connectivity index (χ0v) is 7.16. The van der Waals surface area contributed by atoms with Crippen molar-refractivity contribution in [2.24, 2.45) is 11.8 Å². The van der Waals surface area contributed by atoms with Crippen LogP contribution in [0.15, 0.2) is 0 Å². The molecule has 0 aliphatic heterocycles. The molecule has 1 aliphatic rings. The van der Waals surface area contributed by atoms with E-state index in [9.17, 15) is 5.11 Å². The number of hydrogen-bond acceptors (Lipinski definition) is 2. The summed E-state index contributed by atoms with van der Waals surface area (Å²) in [7, 11) is 0. The Morgan fingerprint density at radius 2 is 1.91 bits per heavy atom. The zero-order chi connectivity index (χ0) is 8.27. The fraction of sp³-hybridized carbons (Fsp3) is 1.00. The Kier molecular flexibility index (Phi) is 3.34. The molecule has 2 heteroatoms. The van der Waals surface area contributed by atoms with Crippen LogP contribution < -0.4 is 0 Å². The first-order valence-corrected chi connectivity index (χ1v) is 4.58. The van der Waals surface area contributed by atoms with Gasteiger partial charge in [-0.25, -0.2) is 0 Å². The lowest BCUT2D eigenvalue weighted by Gasteiger charge is -2.33. The van der Waals surface area contributed by atoms with Crippen molar-refractivity contribution in [1.29, 1.82) is 0 Å². The summed E-state index contributed by atoms with van der Waals surface area (Å²) >= 11 is 0. The van der Waals surface area contributed by atoms with Gasteiger partial charge in [-0.2, -0.15) is 0 Å². The molecule has 0 aromatic rings. The van der Waals surface area contributed by atoms with Gasteiger partial charge in [0.1, 0.15) is 0 Å². The molecule has 66 valence electrons. The average Bonchev–Trinajstić information content (AvgIpc) is 2.05. The van der Waals surface area contributed by atoms with E-state index >= 15 is 0 Å². The molecule has 1 fully saturated rings. The SMILES string of the molecule is CCC1CCCC(CO)C1O. The van der Waals surface area contributed by atoms with Crippen LogP contribution in [0, 0.1) is 11.8 Å². The minimum atomic E-state index is -0.251. The molecule has 0 radical (unpaired) electrons. The molecular formula is C9H18O2. The lowest BCUT2D eigenvalue weighted by molar-refractivity contribution is -0.00822. The van der Waals surface area contributed by atoms with Crippen LogP contribution in [0.1, 0.15) is 32.6 Å². The summed E-state index contributed by atoms with van der Waals surface area (Å²) in [4.78, 5) is 0. The minimum Gasteiger partial charge on any atom is -0.396 e. The molecule has 2 nitrogen and oxygen atoms in total. The quantitative estimate of drug-likeness (QED) is 0.633. The molecule has 11 heavy (non-hydrogen) atoms. The predicted octanol–water partition coefficient (Wildman–Crippen LogP) is 1.17. The van der Waals surface area contributed by atoms with Crippen LogP contribution in [0.3, 0.4) is 0 Å². The molecule has 0 heterocycles. The van der Waals surface area contributed by atoms with Crippen molar-refractivity contribution in [1.82, 2.24) is 0 Å². The third-order valence-corrected chi connectivity index (χ3v) is 2.87. The van der Waals surface area contributed by atoms with E-state index in [4.69, 9.17) is 5.11 Å². The van der Waals surface area contributed by atoms with Gasteiger partial charge in [-0.1, -0.05) is 19.8 Å². The van der Waals surface area contributed by atoms with Crippen LogP contribution in [0.5, 0.6) is 0 Å². The second-order valence-electron chi connectivity index (χ2n) is 3.53. The van der Waals surface area contributed by atoms with Gasteiger partial charge < -0.3 is 10.2 Å². The van der Waals surface area contributed by atoms with Gasteiger partial charge in [0.05, 0.1) is 6.10 Å². The van der Waals surface area contributed by atoms with Gasteiger partial charge in [0.15, 0.2) is 0 Å². The largest absolute Gasteiger partial charge is 0.396 e. The Labute approximate surface area is 68.2 Å². The Morgan fingerprint density at radius 3 is 2.45 bits per heavy atom. The summed E-state index contributed by atoms with van der Waals surface area (Å²) in [6.07, 6.45) is 4.08. The van der Waals surface area contributed by atoms with Crippen LogP contribution in [-0.4, -0.2) is 22.9 Å². The third kappa shape index (κ3) is 1.94. The topological polar surface area (TPSA) is 40.5 Å². The monoisotopic (exact) mass is 158 g/mol. The van der Waals surface area contributed by atoms with Crippen molar-refractivity contribution in [2.75, 3.05) is 6.61 Å². The molecule has 0 saturated heterocycles. The second-order valence-corrected chi connectivity index (χ2v) is 3.53. The lowest BCUT2D eigenvalue weighted by Crippen LogP contribution is -2.34. The molecule has 3 atom stereocenters. The Balaban J connectivity index is 2.45. The maximum absolute atomic E-state index is 9.67. The van der Waals surface area contributed by atoms with Crippen molar-refractivity contribution in [2.45, 2.75) is 38.7 Å². The second kappa shape index (κ2) is 4.07. The number of rotatable bonds is 2. The first-order chi connectivity index (χ1) is 5.29. The lowest BCUT2D eigenvalue weighted by atomic mass is 9.78. The number of aliphatic hydroxyl groups excluding tert-OH is 2. The highest BCUT2D eigenvalue weighted by Gasteiger charge is 2.29. The predicted molar refractivity (Wildman–Crippen MR) is 44.2 cm³/mol. The number of hydrogen-bond donors (Lipinski definition) is 2. The van der Waals surface area contributed by atoms with E-state index in [0.717, 1.165) is 19.3 Å². The van der Waals surface area contributed by atoms with Crippen molar-refractivity contribution in [3.05, 3.63) is 0 Å². The van der Waals surface area contributed by atoms with E-state index in [1.165, 1.54) is 6.42 Å². The summed E-state index contributed by atoms with van der Waals surface area (Å²) in [6.45, 7) is 2.26. The first kappa shape index (κ1) is 9.01. The van der Waals surface area contributed by atoms with Gasteiger partial charge in [-0.3, -0.25) is 0 Å². The molecule has 1 saturated carbocycles. The molecule has 1 rings (SSSR count). The van der Waals surface area contributed by atoms with E-state index in [2.05, 4.69) is 6.92 Å². The highest BCUT2D eigenvalue weighted by atomic mass is 16.3. The highest BCUT2D eigenvalue weighted by Crippen LogP contribution is 2.30. The fourth-order valence-electron chi connectivity index (χ4n) is 2.01. The first-order valence-electron chi connectivity index (χ1n) is 4.58. The van der Waals surface area contributed by atoms with E-state index in [1.807, 2.05) is 0 Å². The van der Waals surface area contributed by atoms with Gasteiger partial charge in [-0.05, 0) is 18.8 Å². The molecule has 0 aromatic carbocycles. The molecule has 2 N–H and O–H groups in total. The summed E-state index contributed by atoms with van der Waals surface area (Å²) in [5.41, 5.74) is 0. The van der Waals surface area contributed by atoms with E-state index in [0.29, 0.717) is 5.92 Å². The maximum atomic E-state index is 9.67. The van der Waals surface area contributed by atoms with Crippen molar-refractivity contribution >= 4 is 0 Å². The van der Waals surface area contributed by atoms with Gasteiger partial charge in [0.25, 0.3) is 0 Å². The van der Waals surface area contributed by atoms with Crippen LogP contribution in [0.25, 0.3) is 0 Å². The van der Waals surface area contributed by atoms with Crippen molar-refractivity contribution in [3.63, 3.8) is 0 Å².